The molecule has 86 valence electrons. The Kier molecular flexibility index (Phi) is 3.56. The number of ether oxygens (including phenoxy) is 1. The van der Waals surface area contributed by atoms with Crippen molar-refractivity contribution in [1.29, 1.82) is 0 Å². The zero-order valence-electron chi connectivity index (χ0n) is 8.89. The van der Waals surface area contributed by atoms with Crippen molar-refractivity contribution in [3.05, 3.63) is 22.4 Å². The Morgan fingerprint density at radius 1 is 1.44 bits per heavy atom. The second kappa shape index (κ2) is 4.93. The van der Waals surface area contributed by atoms with Crippen molar-refractivity contribution in [3.8, 4) is 5.75 Å². The molecule has 0 aliphatic carbocycles. The molecule has 0 atom stereocenters. The predicted molar refractivity (Wildman–Crippen MR) is 66.5 cm³/mol. The molecule has 1 heterocycles. The van der Waals surface area contributed by atoms with Gasteiger partial charge in [-0.1, -0.05) is 36.5 Å². The largest absolute Gasteiger partial charge is 0.490 e. The van der Waals surface area contributed by atoms with Gasteiger partial charge >= 0.3 is 0 Å². The van der Waals surface area contributed by atoms with Crippen LogP contribution in [0.3, 0.4) is 0 Å². The van der Waals surface area contributed by atoms with Crippen molar-refractivity contribution < 1.29 is 4.74 Å². The minimum Gasteiger partial charge on any atom is -0.490 e. The highest BCUT2D eigenvalue weighted by atomic mass is 35.5. The van der Waals surface area contributed by atoms with Crippen LogP contribution in [0.1, 0.15) is 19.8 Å². The van der Waals surface area contributed by atoms with Crippen molar-refractivity contribution >= 4 is 34.2 Å². The molecule has 16 heavy (non-hydrogen) atoms. The van der Waals surface area contributed by atoms with E-state index in [0.29, 0.717) is 27.9 Å². The molecule has 1 N–H and O–H groups in total. The third kappa shape index (κ3) is 2.11. The van der Waals surface area contributed by atoms with Gasteiger partial charge in [-0.2, -0.15) is 0 Å². The molecule has 0 saturated heterocycles. The van der Waals surface area contributed by atoms with Crippen LogP contribution in [-0.2, 0) is 0 Å². The summed E-state index contributed by atoms with van der Waals surface area (Å²) in [5.41, 5.74) is 1.51. The second-order valence-electron chi connectivity index (χ2n) is 3.50. The third-order valence-electron chi connectivity index (χ3n) is 2.31. The number of fused-ring (bicyclic) bond motifs is 1. The van der Waals surface area contributed by atoms with E-state index in [4.69, 9.17) is 27.9 Å². The third-order valence-corrected chi connectivity index (χ3v) is 2.94. The Labute approximate surface area is 104 Å². The van der Waals surface area contributed by atoms with Gasteiger partial charge < -0.3 is 9.72 Å². The average Bonchev–Trinajstić information content (AvgIpc) is 2.71. The Bertz CT molecular complexity index is 496. The van der Waals surface area contributed by atoms with Gasteiger partial charge in [0.1, 0.15) is 10.5 Å². The van der Waals surface area contributed by atoms with E-state index >= 15 is 0 Å². The number of hydrogen-bond donors (Lipinski definition) is 1. The molecule has 0 aliphatic heterocycles. The summed E-state index contributed by atoms with van der Waals surface area (Å²) in [6.45, 7) is 2.72. The maximum atomic E-state index is 6.18. The number of aromatic amines is 1. The highest BCUT2D eigenvalue weighted by molar-refractivity contribution is 6.40. The summed E-state index contributed by atoms with van der Waals surface area (Å²) in [5.74, 6) is 0.524. The van der Waals surface area contributed by atoms with Gasteiger partial charge in [0.25, 0.3) is 0 Å². The lowest BCUT2D eigenvalue weighted by atomic mass is 10.3. The molecule has 0 amide bonds. The smallest absolute Gasteiger partial charge is 0.158 e. The number of halogens is 2. The van der Waals surface area contributed by atoms with Crippen LogP contribution in [0.2, 0.25) is 10.0 Å². The minimum absolute atomic E-state index is 0.472. The van der Waals surface area contributed by atoms with Crippen LogP contribution in [0.25, 0.3) is 11.0 Å². The Morgan fingerprint density at radius 2 is 2.25 bits per heavy atom. The van der Waals surface area contributed by atoms with Crippen LogP contribution in [-0.4, -0.2) is 16.6 Å². The number of nitrogens with one attached hydrogen (secondary N) is 1. The topological polar surface area (TPSA) is 37.9 Å². The number of nitrogens with zero attached hydrogens (tertiary/aromatic N) is 1. The number of H-pyrrole nitrogens is 1. The van der Waals surface area contributed by atoms with Crippen molar-refractivity contribution in [3.63, 3.8) is 0 Å². The van der Waals surface area contributed by atoms with E-state index in [0.717, 1.165) is 18.4 Å². The normalized spacial score (nSPS) is 10.9. The van der Waals surface area contributed by atoms with Crippen LogP contribution in [0.15, 0.2) is 12.4 Å². The van der Waals surface area contributed by atoms with Crippen LogP contribution in [0.4, 0.5) is 0 Å². The van der Waals surface area contributed by atoms with Gasteiger partial charge in [0.2, 0.25) is 0 Å². The molecule has 0 spiro atoms. The summed E-state index contributed by atoms with van der Waals surface area (Å²) in [6.07, 6.45) is 3.63. The molecule has 5 heteroatoms. The van der Waals surface area contributed by atoms with Gasteiger partial charge in [0, 0.05) is 0 Å². The zero-order valence-corrected chi connectivity index (χ0v) is 10.4. The summed E-state index contributed by atoms with van der Waals surface area (Å²) in [6, 6.07) is 1.77. The van der Waals surface area contributed by atoms with E-state index in [1.54, 1.807) is 12.4 Å². The van der Waals surface area contributed by atoms with Gasteiger partial charge in [0.15, 0.2) is 5.75 Å². The van der Waals surface area contributed by atoms with Gasteiger partial charge in [-0.15, -0.1) is 0 Å². The van der Waals surface area contributed by atoms with E-state index in [9.17, 15) is 0 Å². The minimum atomic E-state index is 0.472. The standard InChI is InChI=1S/C11H12Cl2N2O/c1-2-3-4-16-11-7(12)5-8-10(9(11)13)15-6-14-8/h5-6H,2-4H2,1H3,(H,14,15). The lowest BCUT2D eigenvalue weighted by molar-refractivity contribution is 0.310. The highest BCUT2D eigenvalue weighted by Crippen LogP contribution is 2.37. The molecule has 0 radical (unpaired) electrons. The highest BCUT2D eigenvalue weighted by Gasteiger charge is 2.13. The maximum Gasteiger partial charge on any atom is 0.158 e. The Balaban J connectivity index is 2.35. The number of benzene rings is 1. The first-order valence-corrected chi connectivity index (χ1v) is 5.93. The monoisotopic (exact) mass is 258 g/mol. The number of imidazole rings is 1. The van der Waals surface area contributed by atoms with Crippen molar-refractivity contribution in [2.24, 2.45) is 0 Å². The molecule has 1 aromatic carbocycles. The van der Waals surface area contributed by atoms with Crippen LogP contribution >= 0.6 is 23.2 Å². The first-order chi connectivity index (χ1) is 7.74. The van der Waals surface area contributed by atoms with Gasteiger partial charge in [0.05, 0.1) is 23.5 Å². The second-order valence-corrected chi connectivity index (χ2v) is 4.29. The summed E-state index contributed by atoms with van der Waals surface area (Å²) in [4.78, 5) is 7.08. The zero-order chi connectivity index (χ0) is 11.5. The number of aromatic nitrogens is 2. The van der Waals surface area contributed by atoms with Crippen molar-refractivity contribution in [2.75, 3.05) is 6.61 Å². The quantitative estimate of drug-likeness (QED) is 0.841. The Hall–Kier alpha value is -0.930. The summed E-state index contributed by atoms with van der Waals surface area (Å²) < 4.78 is 5.57. The molecule has 0 fully saturated rings. The van der Waals surface area contributed by atoms with E-state index in [-0.39, 0.29) is 0 Å². The molecule has 2 aromatic rings. The van der Waals surface area contributed by atoms with Gasteiger partial charge in [-0.3, -0.25) is 0 Å². The van der Waals surface area contributed by atoms with Crippen molar-refractivity contribution in [2.45, 2.75) is 19.8 Å². The number of unbranched alkanes of at least 4 members (excludes halogenated alkanes) is 1. The lowest BCUT2D eigenvalue weighted by Crippen LogP contribution is -1.98. The number of rotatable bonds is 4. The van der Waals surface area contributed by atoms with Crippen molar-refractivity contribution in [1.82, 2.24) is 9.97 Å². The SMILES string of the molecule is CCCCOc1c(Cl)cc2[nH]cnc2c1Cl. The van der Waals surface area contributed by atoms with Crippen LogP contribution in [0.5, 0.6) is 5.75 Å². The molecule has 0 bridgehead atoms. The van der Waals surface area contributed by atoms with E-state index in [1.807, 2.05) is 0 Å². The summed E-state index contributed by atoms with van der Waals surface area (Å²) in [7, 11) is 0. The fourth-order valence-corrected chi connectivity index (χ4v) is 2.06. The number of hydrogen-bond acceptors (Lipinski definition) is 2. The fourth-order valence-electron chi connectivity index (χ4n) is 1.44. The average molecular weight is 259 g/mol. The summed E-state index contributed by atoms with van der Waals surface area (Å²) in [5, 5.41) is 0.984. The van der Waals surface area contributed by atoms with Gasteiger partial charge in [-0.05, 0) is 12.5 Å². The fraction of sp³-hybridized carbons (Fsp3) is 0.364. The van der Waals surface area contributed by atoms with Crippen LogP contribution < -0.4 is 4.74 Å². The first-order valence-electron chi connectivity index (χ1n) is 5.18. The van der Waals surface area contributed by atoms with Crippen LogP contribution in [0, 0.1) is 0 Å². The summed E-state index contributed by atoms with van der Waals surface area (Å²) >= 11 is 12.3. The molecule has 3 nitrogen and oxygen atoms in total. The molecule has 0 saturated carbocycles. The Morgan fingerprint density at radius 3 is 3.00 bits per heavy atom. The predicted octanol–water partition coefficient (Wildman–Crippen LogP) is 4.05. The molecule has 0 unspecified atom stereocenters. The maximum absolute atomic E-state index is 6.18. The molecule has 1 aromatic heterocycles. The molecular weight excluding hydrogens is 247 g/mol. The first kappa shape index (κ1) is 11.6. The molecule has 0 aliphatic rings. The van der Waals surface area contributed by atoms with E-state index < -0.39 is 0 Å². The molecular formula is C11H12Cl2N2O. The van der Waals surface area contributed by atoms with Gasteiger partial charge in [-0.25, -0.2) is 4.98 Å². The van der Waals surface area contributed by atoms with E-state index in [2.05, 4.69) is 16.9 Å². The van der Waals surface area contributed by atoms with E-state index in [1.165, 1.54) is 0 Å². The lowest BCUT2D eigenvalue weighted by Gasteiger charge is -2.09. The molecule has 2 rings (SSSR count).